The molecular weight excluding hydrogens is 262 g/mol. The summed E-state index contributed by atoms with van der Waals surface area (Å²) in [5.41, 5.74) is -0.188. The second-order valence-electron chi connectivity index (χ2n) is 4.88. The summed E-state index contributed by atoms with van der Waals surface area (Å²) in [5, 5.41) is 26.9. The lowest BCUT2D eigenvalue weighted by Gasteiger charge is -2.22. The van der Waals surface area contributed by atoms with E-state index in [-0.39, 0.29) is 23.4 Å². The van der Waals surface area contributed by atoms with Crippen molar-refractivity contribution in [2.24, 2.45) is 0 Å². The number of hydrogen-bond donors (Lipinski definition) is 3. The Kier molecular flexibility index (Phi) is 4.67. The summed E-state index contributed by atoms with van der Waals surface area (Å²) in [6, 6.07) is -0.212. The first kappa shape index (κ1) is 14.4. The summed E-state index contributed by atoms with van der Waals surface area (Å²) in [5.74, 6) is 0.316. The predicted molar refractivity (Wildman–Crippen MR) is 74.7 cm³/mol. The standard InChI is InChI=1S/C12H19N5O3/c1-13-11-10(17(19)20)12(15-7-14-11)16-8-5-3-2-4-6-9(8)18/h7-9,18H,2-6H2,1H3,(H2,13,14,15,16). The minimum atomic E-state index is -0.517. The van der Waals surface area contributed by atoms with Crippen molar-refractivity contribution in [3.63, 3.8) is 0 Å². The van der Waals surface area contributed by atoms with E-state index in [1.807, 2.05) is 0 Å². The molecule has 1 aliphatic carbocycles. The number of nitro groups is 1. The van der Waals surface area contributed by atoms with Crippen molar-refractivity contribution < 1.29 is 10.0 Å². The van der Waals surface area contributed by atoms with Gasteiger partial charge in [-0.3, -0.25) is 10.1 Å². The van der Waals surface area contributed by atoms with Gasteiger partial charge in [0.15, 0.2) is 0 Å². The van der Waals surface area contributed by atoms with Crippen LogP contribution in [0.3, 0.4) is 0 Å². The number of aliphatic hydroxyl groups is 1. The highest BCUT2D eigenvalue weighted by molar-refractivity contribution is 5.69. The molecule has 0 spiro atoms. The second-order valence-corrected chi connectivity index (χ2v) is 4.88. The molecule has 3 N–H and O–H groups in total. The van der Waals surface area contributed by atoms with Crippen LogP contribution in [0, 0.1) is 10.1 Å². The molecule has 0 radical (unpaired) electrons. The quantitative estimate of drug-likeness (QED) is 0.435. The third-order valence-electron chi connectivity index (χ3n) is 3.54. The van der Waals surface area contributed by atoms with E-state index >= 15 is 0 Å². The zero-order valence-electron chi connectivity index (χ0n) is 11.4. The van der Waals surface area contributed by atoms with Crippen LogP contribution in [0.2, 0.25) is 0 Å². The third-order valence-corrected chi connectivity index (χ3v) is 3.54. The van der Waals surface area contributed by atoms with Gasteiger partial charge in [0.05, 0.1) is 17.1 Å². The molecular formula is C12H19N5O3. The first-order valence-corrected chi connectivity index (χ1v) is 6.75. The maximum absolute atomic E-state index is 11.2. The molecule has 1 saturated carbocycles. The summed E-state index contributed by atoms with van der Waals surface area (Å²) in [6.07, 6.45) is 5.28. The smallest absolute Gasteiger partial charge is 0.353 e. The van der Waals surface area contributed by atoms with Crippen LogP contribution in [0.15, 0.2) is 6.33 Å². The van der Waals surface area contributed by atoms with E-state index in [4.69, 9.17) is 0 Å². The molecule has 0 bridgehead atoms. The van der Waals surface area contributed by atoms with Crippen LogP contribution in [0.5, 0.6) is 0 Å². The van der Waals surface area contributed by atoms with E-state index in [1.165, 1.54) is 6.33 Å². The van der Waals surface area contributed by atoms with E-state index < -0.39 is 11.0 Å². The lowest BCUT2D eigenvalue weighted by Crippen LogP contribution is -2.33. The Bertz CT molecular complexity index is 482. The van der Waals surface area contributed by atoms with Gasteiger partial charge in [-0.15, -0.1) is 0 Å². The monoisotopic (exact) mass is 281 g/mol. The van der Waals surface area contributed by atoms with Gasteiger partial charge in [-0.25, -0.2) is 9.97 Å². The Morgan fingerprint density at radius 2 is 2.00 bits per heavy atom. The van der Waals surface area contributed by atoms with Crippen molar-refractivity contribution in [3.8, 4) is 0 Å². The highest BCUT2D eigenvalue weighted by Crippen LogP contribution is 2.30. The molecule has 0 aromatic carbocycles. The zero-order chi connectivity index (χ0) is 14.5. The Morgan fingerprint density at radius 3 is 2.70 bits per heavy atom. The topological polar surface area (TPSA) is 113 Å². The van der Waals surface area contributed by atoms with Crippen LogP contribution < -0.4 is 10.6 Å². The van der Waals surface area contributed by atoms with Crippen LogP contribution >= 0.6 is 0 Å². The lowest BCUT2D eigenvalue weighted by atomic mass is 10.1. The molecule has 2 unspecified atom stereocenters. The maximum Gasteiger partial charge on any atom is 0.353 e. The number of nitrogens with one attached hydrogen (secondary N) is 2. The van der Waals surface area contributed by atoms with Gasteiger partial charge >= 0.3 is 5.69 Å². The minimum absolute atomic E-state index is 0.153. The molecule has 1 heterocycles. The fourth-order valence-electron chi connectivity index (χ4n) is 2.47. The number of aliphatic hydroxyl groups excluding tert-OH is 1. The van der Waals surface area contributed by atoms with Gasteiger partial charge < -0.3 is 15.7 Å². The molecule has 0 aliphatic heterocycles. The van der Waals surface area contributed by atoms with E-state index in [2.05, 4.69) is 20.6 Å². The van der Waals surface area contributed by atoms with Crippen molar-refractivity contribution in [1.82, 2.24) is 9.97 Å². The van der Waals surface area contributed by atoms with Crippen molar-refractivity contribution in [1.29, 1.82) is 0 Å². The van der Waals surface area contributed by atoms with Gasteiger partial charge in [0.25, 0.3) is 0 Å². The Morgan fingerprint density at radius 1 is 1.30 bits per heavy atom. The summed E-state index contributed by atoms with van der Waals surface area (Å²) in [7, 11) is 1.57. The largest absolute Gasteiger partial charge is 0.391 e. The number of hydrogen-bond acceptors (Lipinski definition) is 7. The van der Waals surface area contributed by atoms with Crippen molar-refractivity contribution >= 4 is 17.3 Å². The number of aromatic nitrogens is 2. The average Bonchev–Trinajstić information content (AvgIpc) is 2.63. The first-order chi connectivity index (χ1) is 9.63. The fourth-order valence-corrected chi connectivity index (χ4v) is 2.47. The zero-order valence-corrected chi connectivity index (χ0v) is 11.4. The van der Waals surface area contributed by atoms with E-state index in [0.29, 0.717) is 6.42 Å². The van der Waals surface area contributed by atoms with Crippen LogP contribution in [0.4, 0.5) is 17.3 Å². The molecule has 1 aromatic rings. The lowest BCUT2D eigenvalue weighted by molar-refractivity contribution is -0.383. The molecule has 8 nitrogen and oxygen atoms in total. The first-order valence-electron chi connectivity index (χ1n) is 6.75. The van der Waals surface area contributed by atoms with Crippen LogP contribution in [0.25, 0.3) is 0 Å². The summed E-state index contributed by atoms with van der Waals surface area (Å²) < 4.78 is 0. The SMILES string of the molecule is CNc1ncnc(NC2CCCCCC2O)c1[N+](=O)[O-]. The molecule has 0 saturated heterocycles. The van der Waals surface area contributed by atoms with Crippen molar-refractivity contribution in [2.75, 3.05) is 17.7 Å². The summed E-state index contributed by atoms with van der Waals surface area (Å²) in [6.45, 7) is 0. The highest BCUT2D eigenvalue weighted by Gasteiger charge is 2.27. The molecule has 20 heavy (non-hydrogen) atoms. The van der Waals surface area contributed by atoms with E-state index in [1.54, 1.807) is 7.05 Å². The third kappa shape index (κ3) is 3.13. The van der Waals surface area contributed by atoms with Crippen LogP contribution in [-0.2, 0) is 0 Å². The van der Waals surface area contributed by atoms with Crippen LogP contribution in [0.1, 0.15) is 32.1 Å². The molecule has 1 fully saturated rings. The number of nitrogens with zero attached hydrogens (tertiary/aromatic N) is 3. The fraction of sp³-hybridized carbons (Fsp3) is 0.667. The van der Waals surface area contributed by atoms with Gasteiger partial charge in [-0.1, -0.05) is 19.3 Å². The second kappa shape index (κ2) is 6.47. The van der Waals surface area contributed by atoms with Gasteiger partial charge in [0.1, 0.15) is 6.33 Å². The average molecular weight is 281 g/mol. The van der Waals surface area contributed by atoms with Gasteiger partial charge in [0, 0.05) is 7.05 Å². The molecule has 2 atom stereocenters. The normalized spacial score (nSPS) is 22.9. The molecule has 1 aliphatic rings. The predicted octanol–water partition coefficient (Wildman–Crippen LogP) is 1.53. The summed E-state index contributed by atoms with van der Waals surface area (Å²) >= 11 is 0. The van der Waals surface area contributed by atoms with Crippen molar-refractivity contribution in [3.05, 3.63) is 16.4 Å². The highest BCUT2D eigenvalue weighted by atomic mass is 16.6. The van der Waals surface area contributed by atoms with Gasteiger partial charge in [0.2, 0.25) is 11.6 Å². The molecule has 2 rings (SSSR count). The number of anilines is 2. The molecule has 110 valence electrons. The molecule has 8 heteroatoms. The number of rotatable bonds is 4. The van der Waals surface area contributed by atoms with Gasteiger partial charge in [-0.05, 0) is 12.8 Å². The Hall–Kier alpha value is -1.96. The maximum atomic E-state index is 11.2. The molecule has 0 amide bonds. The Balaban J connectivity index is 2.25. The van der Waals surface area contributed by atoms with E-state index in [0.717, 1.165) is 25.7 Å². The van der Waals surface area contributed by atoms with Gasteiger partial charge in [-0.2, -0.15) is 0 Å². The van der Waals surface area contributed by atoms with Crippen molar-refractivity contribution in [2.45, 2.75) is 44.2 Å². The van der Waals surface area contributed by atoms with Crippen LogP contribution in [-0.4, -0.2) is 39.2 Å². The summed E-state index contributed by atoms with van der Waals surface area (Å²) in [4.78, 5) is 18.5. The Labute approximate surface area is 116 Å². The minimum Gasteiger partial charge on any atom is -0.391 e. The van der Waals surface area contributed by atoms with E-state index in [9.17, 15) is 15.2 Å². The molecule has 1 aromatic heterocycles.